The number of halogens is 1. The molecule has 0 radical (unpaired) electrons. The summed E-state index contributed by atoms with van der Waals surface area (Å²) < 4.78 is 0.970. The van der Waals surface area contributed by atoms with Gasteiger partial charge in [0.1, 0.15) is 15.5 Å². The van der Waals surface area contributed by atoms with Gasteiger partial charge in [-0.15, -0.1) is 11.3 Å². The monoisotopic (exact) mass is 461 g/mol. The minimum Gasteiger partial charge on any atom is -0.477 e. The number of nitrogens with zero attached hydrogens (tertiary/aromatic N) is 2. The summed E-state index contributed by atoms with van der Waals surface area (Å²) in [5.74, 6) is -0.388. The molecule has 28 heavy (non-hydrogen) atoms. The molecule has 0 fully saturated rings. The maximum atomic E-state index is 11.9. The second-order valence-electron chi connectivity index (χ2n) is 6.14. The van der Waals surface area contributed by atoms with Crippen LogP contribution in [-0.2, 0) is 0 Å². The molecule has 1 aromatic carbocycles. The number of aryl methyl sites for hydroxylation is 1. The number of anilines is 1. The molecule has 0 saturated carbocycles. The van der Waals surface area contributed by atoms with Crippen molar-refractivity contribution in [3.05, 3.63) is 45.4 Å². The lowest BCUT2D eigenvalue weighted by atomic mass is 10.0. The first-order valence-corrected chi connectivity index (χ1v) is 10.4. The summed E-state index contributed by atoms with van der Waals surface area (Å²) in [6.07, 6.45) is 0.587. The number of aliphatic hydroxyl groups is 1. The molecule has 8 heteroatoms. The lowest BCUT2D eigenvalue weighted by molar-refractivity contribution is 0.0703. The van der Waals surface area contributed by atoms with E-state index in [2.05, 4.69) is 31.2 Å². The molecular weight excluding hydrogens is 442 g/mol. The highest BCUT2D eigenvalue weighted by molar-refractivity contribution is 9.10. The summed E-state index contributed by atoms with van der Waals surface area (Å²) in [4.78, 5) is 21.6. The Labute approximate surface area is 175 Å². The number of hydrogen-bond acceptors (Lipinski definition) is 5. The number of rotatable bonds is 6. The fourth-order valence-electron chi connectivity index (χ4n) is 2.92. The lowest BCUT2D eigenvalue weighted by Gasteiger charge is -2.12. The molecule has 0 bridgehead atoms. The molecule has 3 aromatic rings. The molecule has 0 spiro atoms. The second kappa shape index (κ2) is 8.81. The summed E-state index contributed by atoms with van der Waals surface area (Å²) in [6, 6.07) is 9.84. The van der Waals surface area contributed by atoms with Crippen LogP contribution in [0.2, 0.25) is 0 Å². The highest BCUT2D eigenvalue weighted by atomic mass is 79.9. The van der Waals surface area contributed by atoms with Gasteiger partial charge in [-0.3, -0.25) is 4.99 Å². The fraction of sp³-hybridized carbons (Fsp3) is 0.250. The summed E-state index contributed by atoms with van der Waals surface area (Å²) in [5.41, 5.74) is 3.21. The van der Waals surface area contributed by atoms with Gasteiger partial charge in [-0.25, -0.2) is 9.78 Å². The zero-order chi connectivity index (χ0) is 20.3. The number of carboxylic acids is 1. The molecule has 0 unspecified atom stereocenters. The second-order valence-corrected chi connectivity index (χ2v) is 8.05. The van der Waals surface area contributed by atoms with Crippen LogP contribution in [0.1, 0.15) is 28.7 Å². The maximum absolute atomic E-state index is 11.9. The third kappa shape index (κ3) is 4.24. The van der Waals surface area contributed by atoms with Gasteiger partial charge >= 0.3 is 5.97 Å². The van der Waals surface area contributed by atoms with Crippen LogP contribution >= 0.6 is 27.3 Å². The van der Waals surface area contributed by atoms with Gasteiger partial charge in [-0.2, -0.15) is 0 Å². The highest BCUT2D eigenvalue weighted by Gasteiger charge is 2.23. The molecule has 0 aliphatic rings. The Hall–Kier alpha value is -2.29. The Morgan fingerprint density at radius 2 is 2.04 bits per heavy atom. The average Bonchev–Trinajstić information content (AvgIpc) is 3.03. The van der Waals surface area contributed by atoms with E-state index in [9.17, 15) is 9.90 Å². The first-order valence-electron chi connectivity index (χ1n) is 8.79. The van der Waals surface area contributed by atoms with Crippen molar-refractivity contribution in [1.29, 1.82) is 0 Å². The van der Waals surface area contributed by atoms with Gasteiger partial charge in [0.25, 0.3) is 0 Å². The van der Waals surface area contributed by atoms with Crippen LogP contribution in [0.5, 0.6) is 0 Å². The molecule has 146 valence electrons. The number of amidine groups is 1. The average molecular weight is 462 g/mol. The Morgan fingerprint density at radius 3 is 2.64 bits per heavy atom. The summed E-state index contributed by atoms with van der Waals surface area (Å²) in [7, 11) is 0. The number of carboxylic acid groups (broad SMARTS) is 1. The number of aromatic carboxylic acids is 1. The van der Waals surface area contributed by atoms with Crippen LogP contribution in [-0.4, -0.2) is 40.2 Å². The van der Waals surface area contributed by atoms with Crippen molar-refractivity contribution in [1.82, 2.24) is 4.98 Å². The van der Waals surface area contributed by atoms with E-state index in [1.165, 1.54) is 0 Å². The zero-order valence-electron chi connectivity index (χ0n) is 15.5. The SMILES string of the molecule is CCC(=NCCO)Nc1c(C(=O)O)sc2nc(C)cc(-c3ccc(Br)cc3)c12. The van der Waals surface area contributed by atoms with Crippen LogP contribution in [0.15, 0.2) is 39.8 Å². The van der Waals surface area contributed by atoms with Crippen molar-refractivity contribution in [2.45, 2.75) is 20.3 Å². The number of aromatic nitrogens is 1. The van der Waals surface area contributed by atoms with Gasteiger partial charge < -0.3 is 15.5 Å². The van der Waals surface area contributed by atoms with Crippen molar-refractivity contribution < 1.29 is 15.0 Å². The summed E-state index contributed by atoms with van der Waals surface area (Å²) in [6.45, 7) is 4.02. The van der Waals surface area contributed by atoms with Crippen molar-refractivity contribution in [3.8, 4) is 11.1 Å². The van der Waals surface area contributed by atoms with E-state index in [0.717, 1.165) is 38.0 Å². The minimum absolute atomic E-state index is 0.0632. The largest absolute Gasteiger partial charge is 0.477 e. The molecule has 2 heterocycles. The predicted octanol–water partition coefficient (Wildman–Crippen LogP) is 4.95. The Bertz CT molecular complexity index is 1050. The first kappa shape index (κ1) is 20.4. The van der Waals surface area contributed by atoms with Gasteiger partial charge in [-0.1, -0.05) is 35.0 Å². The zero-order valence-corrected chi connectivity index (χ0v) is 17.9. The number of benzene rings is 1. The van der Waals surface area contributed by atoms with Crippen LogP contribution in [0.25, 0.3) is 21.3 Å². The molecule has 0 aliphatic heterocycles. The quantitative estimate of drug-likeness (QED) is 0.356. The predicted molar refractivity (Wildman–Crippen MR) is 118 cm³/mol. The fourth-order valence-corrected chi connectivity index (χ4v) is 4.22. The Kier molecular flexibility index (Phi) is 6.43. The molecule has 0 amide bonds. The number of hydrogen-bond donors (Lipinski definition) is 3. The number of fused-ring (bicyclic) bond motifs is 1. The smallest absolute Gasteiger partial charge is 0.348 e. The van der Waals surface area contributed by atoms with Gasteiger partial charge in [0.05, 0.1) is 18.8 Å². The summed E-state index contributed by atoms with van der Waals surface area (Å²) >= 11 is 4.60. The molecule has 3 N–H and O–H groups in total. The number of nitrogens with one attached hydrogen (secondary N) is 1. The van der Waals surface area contributed by atoms with Crippen LogP contribution < -0.4 is 5.32 Å². The molecule has 6 nitrogen and oxygen atoms in total. The standard InChI is InChI=1S/C20H20BrN3O3S/c1-3-15(22-8-9-25)24-17-16-14(12-4-6-13(21)7-5-12)10-11(2)23-19(16)28-18(17)20(26)27/h4-7,10,25H,3,8-9H2,1-2H3,(H,22,24)(H,26,27). The van der Waals surface area contributed by atoms with Gasteiger partial charge in [0.2, 0.25) is 0 Å². The molecular formula is C20H20BrN3O3S. The van der Waals surface area contributed by atoms with E-state index in [-0.39, 0.29) is 18.0 Å². The maximum Gasteiger partial charge on any atom is 0.348 e. The van der Waals surface area contributed by atoms with Crippen LogP contribution in [0.4, 0.5) is 5.69 Å². The number of aliphatic imine (C=N–C) groups is 1. The molecule has 3 rings (SSSR count). The van der Waals surface area contributed by atoms with E-state index in [1.54, 1.807) is 0 Å². The third-order valence-corrected chi connectivity index (χ3v) is 5.75. The number of pyridine rings is 1. The van der Waals surface area contributed by atoms with Gasteiger partial charge in [0.15, 0.2) is 0 Å². The van der Waals surface area contributed by atoms with E-state index >= 15 is 0 Å². The topological polar surface area (TPSA) is 94.8 Å². The molecule has 0 atom stereocenters. The van der Waals surface area contributed by atoms with Crippen molar-refractivity contribution >= 4 is 55.0 Å². The number of aliphatic hydroxyl groups excluding tert-OH is 1. The molecule has 0 saturated heterocycles. The highest BCUT2D eigenvalue weighted by Crippen LogP contribution is 2.41. The third-order valence-electron chi connectivity index (χ3n) is 4.15. The summed E-state index contributed by atoms with van der Waals surface area (Å²) in [5, 5.41) is 22.8. The van der Waals surface area contributed by atoms with Crippen LogP contribution in [0, 0.1) is 6.92 Å². The normalized spacial score (nSPS) is 11.8. The van der Waals surface area contributed by atoms with Crippen molar-refractivity contribution in [2.75, 3.05) is 18.5 Å². The van der Waals surface area contributed by atoms with Gasteiger partial charge in [-0.05, 0) is 36.2 Å². The minimum atomic E-state index is -1.01. The van der Waals surface area contributed by atoms with E-state index < -0.39 is 5.97 Å². The molecule has 2 aromatic heterocycles. The Morgan fingerprint density at radius 1 is 1.32 bits per heavy atom. The molecule has 0 aliphatic carbocycles. The van der Waals surface area contributed by atoms with Crippen molar-refractivity contribution in [2.24, 2.45) is 4.99 Å². The number of carbonyl (C=O) groups is 1. The van der Waals surface area contributed by atoms with Crippen LogP contribution in [0.3, 0.4) is 0 Å². The van der Waals surface area contributed by atoms with Gasteiger partial charge in [0, 0.05) is 22.0 Å². The van der Waals surface area contributed by atoms with Crippen molar-refractivity contribution in [3.63, 3.8) is 0 Å². The number of thiophene rings is 1. The van der Waals surface area contributed by atoms with E-state index in [4.69, 9.17) is 5.11 Å². The van der Waals surface area contributed by atoms with E-state index in [1.807, 2.05) is 44.2 Å². The Balaban J connectivity index is 2.26. The first-order chi connectivity index (χ1) is 13.4. The lowest BCUT2D eigenvalue weighted by Crippen LogP contribution is -2.14. The van der Waals surface area contributed by atoms with E-state index in [0.29, 0.717) is 22.8 Å².